The van der Waals surface area contributed by atoms with Crippen LogP contribution in [0.4, 0.5) is 10.5 Å². The van der Waals surface area contributed by atoms with Crippen LogP contribution in [0.25, 0.3) is 0 Å². The first-order valence-electron chi connectivity index (χ1n) is 5.67. The van der Waals surface area contributed by atoms with E-state index in [1.165, 1.54) is 0 Å². The van der Waals surface area contributed by atoms with E-state index in [0.29, 0.717) is 0 Å². The minimum atomic E-state index is -0.566. The number of aliphatic hydroxyl groups is 1. The van der Waals surface area contributed by atoms with Crippen molar-refractivity contribution in [1.29, 1.82) is 0 Å². The molecule has 0 bridgehead atoms. The van der Waals surface area contributed by atoms with Crippen molar-refractivity contribution < 1.29 is 9.90 Å². The van der Waals surface area contributed by atoms with E-state index < -0.39 is 6.10 Å². The molecular formula is C13H20N2O2. The molecule has 4 nitrogen and oxygen atoms in total. The van der Waals surface area contributed by atoms with E-state index in [1.54, 1.807) is 12.1 Å². The SMILES string of the molecule is CC(C)(C)C(O)CNC(=O)Nc1ccccc1. The third kappa shape index (κ3) is 4.87. The molecule has 2 amide bonds. The molecule has 1 atom stereocenters. The topological polar surface area (TPSA) is 61.4 Å². The number of amides is 2. The highest BCUT2D eigenvalue weighted by molar-refractivity contribution is 5.89. The molecule has 0 spiro atoms. The number of nitrogens with one attached hydrogen (secondary N) is 2. The maximum Gasteiger partial charge on any atom is 0.319 e. The molecule has 3 N–H and O–H groups in total. The summed E-state index contributed by atoms with van der Waals surface area (Å²) in [6.45, 7) is 6.01. The average molecular weight is 236 g/mol. The fraction of sp³-hybridized carbons (Fsp3) is 0.462. The maximum absolute atomic E-state index is 11.5. The summed E-state index contributed by atoms with van der Waals surface area (Å²) in [5, 5.41) is 15.1. The highest BCUT2D eigenvalue weighted by Gasteiger charge is 2.22. The largest absolute Gasteiger partial charge is 0.391 e. The van der Waals surface area contributed by atoms with Crippen molar-refractivity contribution in [2.45, 2.75) is 26.9 Å². The van der Waals surface area contributed by atoms with Crippen LogP contribution in [-0.2, 0) is 0 Å². The van der Waals surface area contributed by atoms with Crippen molar-refractivity contribution in [2.75, 3.05) is 11.9 Å². The molecule has 0 saturated heterocycles. The van der Waals surface area contributed by atoms with Crippen LogP contribution >= 0.6 is 0 Å². The van der Waals surface area contributed by atoms with E-state index in [0.717, 1.165) is 5.69 Å². The van der Waals surface area contributed by atoms with Gasteiger partial charge in [0.2, 0.25) is 0 Å². The molecule has 1 rings (SSSR count). The smallest absolute Gasteiger partial charge is 0.319 e. The van der Waals surface area contributed by atoms with Crippen molar-refractivity contribution in [3.8, 4) is 0 Å². The molecule has 0 aliphatic rings. The van der Waals surface area contributed by atoms with E-state index in [2.05, 4.69) is 10.6 Å². The zero-order valence-electron chi connectivity index (χ0n) is 10.5. The Hall–Kier alpha value is -1.55. The lowest BCUT2D eigenvalue weighted by Gasteiger charge is -2.25. The number of aliphatic hydroxyl groups excluding tert-OH is 1. The number of anilines is 1. The molecule has 0 aromatic heterocycles. The Morgan fingerprint density at radius 2 is 1.88 bits per heavy atom. The Kier molecular flexibility index (Phi) is 4.52. The summed E-state index contributed by atoms with van der Waals surface area (Å²) in [6.07, 6.45) is -0.566. The maximum atomic E-state index is 11.5. The molecule has 1 unspecified atom stereocenters. The molecule has 0 heterocycles. The predicted molar refractivity (Wildman–Crippen MR) is 68.9 cm³/mol. The molecule has 1 aromatic carbocycles. The summed E-state index contributed by atoms with van der Waals surface area (Å²) < 4.78 is 0. The van der Waals surface area contributed by atoms with E-state index >= 15 is 0 Å². The van der Waals surface area contributed by atoms with Crippen molar-refractivity contribution in [1.82, 2.24) is 5.32 Å². The number of rotatable bonds is 3. The number of hydrogen-bond acceptors (Lipinski definition) is 2. The second kappa shape index (κ2) is 5.68. The first-order chi connectivity index (χ1) is 7.89. The Bertz CT molecular complexity index is 357. The number of carbonyl (C=O) groups excluding carboxylic acids is 1. The van der Waals surface area contributed by atoms with Gasteiger partial charge < -0.3 is 15.7 Å². The molecule has 0 saturated carbocycles. The average Bonchev–Trinajstić information content (AvgIpc) is 2.26. The molecule has 0 aliphatic heterocycles. The normalized spacial score (nSPS) is 12.9. The predicted octanol–water partition coefficient (Wildman–Crippen LogP) is 2.22. The van der Waals surface area contributed by atoms with Gasteiger partial charge in [-0.2, -0.15) is 0 Å². The van der Waals surface area contributed by atoms with Gasteiger partial charge in [0.05, 0.1) is 6.10 Å². The molecule has 0 radical (unpaired) electrons. The van der Waals surface area contributed by atoms with Gasteiger partial charge in [0, 0.05) is 12.2 Å². The molecular weight excluding hydrogens is 216 g/mol. The van der Waals surface area contributed by atoms with Gasteiger partial charge in [-0.25, -0.2) is 4.79 Å². The van der Waals surface area contributed by atoms with Crippen LogP contribution in [0, 0.1) is 5.41 Å². The van der Waals surface area contributed by atoms with Gasteiger partial charge in [0.25, 0.3) is 0 Å². The van der Waals surface area contributed by atoms with Crippen LogP contribution in [0.5, 0.6) is 0 Å². The number of carbonyl (C=O) groups is 1. The summed E-state index contributed by atoms with van der Waals surface area (Å²) in [6, 6.07) is 8.88. The van der Waals surface area contributed by atoms with Crippen molar-refractivity contribution >= 4 is 11.7 Å². The van der Waals surface area contributed by atoms with E-state index in [4.69, 9.17) is 0 Å². The number of hydrogen-bond donors (Lipinski definition) is 3. The zero-order chi connectivity index (χ0) is 12.9. The minimum absolute atomic E-state index is 0.236. The highest BCUT2D eigenvalue weighted by atomic mass is 16.3. The van der Waals surface area contributed by atoms with E-state index in [1.807, 2.05) is 39.0 Å². The fourth-order valence-electron chi connectivity index (χ4n) is 1.19. The highest BCUT2D eigenvalue weighted by Crippen LogP contribution is 2.18. The fourth-order valence-corrected chi connectivity index (χ4v) is 1.19. The lowest BCUT2D eigenvalue weighted by molar-refractivity contribution is 0.0654. The second-order valence-corrected chi connectivity index (χ2v) is 5.08. The summed E-state index contributed by atoms with van der Waals surface area (Å²) in [5.74, 6) is 0. The molecule has 0 fully saturated rings. The number of benzene rings is 1. The van der Waals surface area contributed by atoms with Crippen LogP contribution in [0.3, 0.4) is 0 Å². The van der Waals surface area contributed by atoms with Gasteiger partial charge in [-0.1, -0.05) is 39.0 Å². The molecule has 1 aromatic rings. The Labute approximate surface area is 102 Å². The zero-order valence-corrected chi connectivity index (χ0v) is 10.5. The van der Waals surface area contributed by atoms with Gasteiger partial charge in [0.1, 0.15) is 0 Å². The van der Waals surface area contributed by atoms with Gasteiger partial charge in [-0.05, 0) is 17.5 Å². The Morgan fingerprint density at radius 3 is 2.41 bits per heavy atom. The lowest BCUT2D eigenvalue weighted by atomic mass is 9.89. The van der Waals surface area contributed by atoms with E-state index in [9.17, 15) is 9.90 Å². The lowest BCUT2D eigenvalue weighted by Crippen LogP contribution is -2.40. The van der Waals surface area contributed by atoms with Crippen molar-refractivity contribution in [2.24, 2.45) is 5.41 Å². The standard InChI is InChI=1S/C13H20N2O2/c1-13(2,3)11(16)9-14-12(17)15-10-7-5-4-6-8-10/h4-8,11,16H,9H2,1-3H3,(H2,14,15,17). The van der Waals surface area contributed by atoms with Crippen LogP contribution in [0.15, 0.2) is 30.3 Å². The third-order valence-corrected chi connectivity index (χ3v) is 2.49. The van der Waals surface area contributed by atoms with Crippen molar-refractivity contribution in [3.63, 3.8) is 0 Å². The summed E-state index contributed by atoms with van der Waals surface area (Å²) in [7, 11) is 0. The Balaban J connectivity index is 2.36. The molecule has 4 heteroatoms. The summed E-state index contributed by atoms with van der Waals surface area (Å²) in [4.78, 5) is 11.5. The quantitative estimate of drug-likeness (QED) is 0.753. The van der Waals surface area contributed by atoms with Crippen LogP contribution in [0.2, 0.25) is 0 Å². The van der Waals surface area contributed by atoms with Crippen LogP contribution in [-0.4, -0.2) is 23.8 Å². The second-order valence-electron chi connectivity index (χ2n) is 5.08. The first-order valence-corrected chi connectivity index (χ1v) is 5.67. The van der Waals surface area contributed by atoms with Crippen LogP contribution in [0.1, 0.15) is 20.8 Å². The summed E-state index contributed by atoms with van der Waals surface area (Å²) in [5.41, 5.74) is 0.496. The Morgan fingerprint density at radius 1 is 1.29 bits per heavy atom. The minimum Gasteiger partial charge on any atom is -0.391 e. The molecule has 94 valence electrons. The van der Waals surface area contributed by atoms with Crippen LogP contribution < -0.4 is 10.6 Å². The van der Waals surface area contributed by atoms with Gasteiger partial charge in [-0.3, -0.25) is 0 Å². The number of urea groups is 1. The molecule has 0 aliphatic carbocycles. The van der Waals surface area contributed by atoms with Crippen molar-refractivity contribution in [3.05, 3.63) is 30.3 Å². The van der Waals surface area contributed by atoms with Gasteiger partial charge >= 0.3 is 6.03 Å². The first kappa shape index (κ1) is 13.5. The monoisotopic (exact) mass is 236 g/mol. The third-order valence-electron chi connectivity index (χ3n) is 2.49. The summed E-state index contributed by atoms with van der Waals surface area (Å²) >= 11 is 0. The molecule has 17 heavy (non-hydrogen) atoms. The van der Waals surface area contributed by atoms with Gasteiger partial charge in [-0.15, -0.1) is 0 Å². The van der Waals surface area contributed by atoms with Gasteiger partial charge in [0.15, 0.2) is 0 Å². The number of para-hydroxylation sites is 1. The van der Waals surface area contributed by atoms with E-state index in [-0.39, 0.29) is 18.0 Å².